The number of amides is 4. The zero-order chi connectivity index (χ0) is 15.6. The van der Waals surface area contributed by atoms with Crippen LogP contribution in [0, 0.1) is 0 Å². The molecule has 0 aliphatic carbocycles. The van der Waals surface area contributed by atoms with Crippen molar-refractivity contribution in [1.82, 2.24) is 15.1 Å². The fraction of sp³-hybridized carbons (Fsp3) is 0.500. The maximum Gasteiger partial charge on any atom is 0.325 e. The minimum Gasteiger partial charge on any atom is -0.369 e. The molecule has 2 aliphatic heterocycles. The number of carbonyl (C=O) groups excluding carboxylic acids is 3. The van der Waals surface area contributed by atoms with E-state index in [9.17, 15) is 14.4 Å². The molecule has 0 aromatic heterocycles. The largest absolute Gasteiger partial charge is 0.369 e. The molecule has 2 atom stereocenters. The average molecular weight is 311 g/mol. The number of allylic oxidation sites excluding steroid dienone is 1. The van der Waals surface area contributed by atoms with Gasteiger partial charge >= 0.3 is 6.03 Å². The highest BCUT2D eigenvalue weighted by molar-refractivity contribution is 8.14. The van der Waals surface area contributed by atoms with E-state index in [1.165, 1.54) is 16.7 Å². The highest BCUT2D eigenvalue weighted by Gasteiger charge is 2.48. The van der Waals surface area contributed by atoms with Gasteiger partial charge in [0.15, 0.2) is 17.4 Å². The summed E-state index contributed by atoms with van der Waals surface area (Å²) in [6.07, 6.45) is 3.16. The van der Waals surface area contributed by atoms with Gasteiger partial charge in [-0.3, -0.25) is 14.9 Å². The number of rotatable bonds is 4. The van der Waals surface area contributed by atoms with E-state index in [-0.39, 0.29) is 11.7 Å². The molecule has 0 saturated carbocycles. The third-order valence-corrected chi connectivity index (χ3v) is 4.23. The van der Waals surface area contributed by atoms with Gasteiger partial charge in [-0.05, 0) is 6.92 Å². The number of urea groups is 1. The van der Waals surface area contributed by atoms with Crippen molar-refractivity contribution < 1.29 is 14.4 Å². The molecule has 2 aliphatic rings. The zero-order valence-electron chi connectivity index (χ0n) is 11.8. The minimum atomic E-state index is -0.584. The van der Waals surface area contributed by atoms with Gasteiger partial charge in [-0.1, -0.05) is 23.9 Å². The number of nitrogens with two attached hydrogens (primary N) is 1. The molecule has 1 saturated heterocycles. The predicted octanol–water partition coefficient (Wildman–Crippen LogP) is -0.671. The number of carbonyl (C=O) groups is 3. The van der Waals surface area contributed by atoms with Crippen LogP contribution in [-0.4, -0.2) is 64.4 Å². The lowest BCUT2D eigenvalue weighted by Gasteiger charge is -2.35. The molecular weight excluding hydrogens is 294 g/mol. The van der Waals surface area contributed by atoms with Gasteiger partial charge in [-0.25, -0.2) is 9.79 Å². The van der Waals surface area contributed by atoms with E-state index in [4.69, 9.17) is 5.73 Å². The van der Waals surface area contributed by atoms with Crippen molar-refractivity contribution in [1.29, 1.82) is 0 Å². The summed E-state index contributed by atoms with van der Waals surface area (Å²) in [7, 11) is 1.58. The molecule has 9 heteroatoms. The second-order valence-corrected chi connectivity index (χ2v) is 5.59. The van der Waals surface area contributed by atoms with Gasteiger partial charge in [0.2, 0.25) is 5.91 Å². The molecule has 2 rings (SSSR count). The number of likely N-dealkylation sites (N-methyl/N-ethyl adjacent to an activating group) is 1. The first-order valence-electron chi connectivity index (χ1n) is 6.40. The van der Waals surface area contributed by atoms with E-state index < -0.39 is 24.1 Å². The van der Waals surface area contributed by atoms with Crippen molar-refractivity contribution >= 4 is 34.8 Å². The molecule has 2 heterocycles. The fourth-order valence-electron chi connectivity index (χ4n) is 2.17. The van der Waals surface area contributed by atoms with Gasteiger partial charge in [-0.15, -0.1) is 0 Å². The topological polar surface area (TPSA) is 108 Å². The van der Waals surface area contributed by atoms with Gasteiger partial charge in [-0.2, -0.15) is 0 Å². The summed E-state index contributed by atoms with van der Waals surface area (Å²) >= 11 is 1.17. The first-order valence-corrected chi connectivity index (χ1v) is 7.38. The number of hydrogen-bond acceptors (Lipinski definition) is 6. The average Bonchev–Trinajstić information content (AvgIpc) is 2.79. The van der Waals surface area contributed by atoms with Crippen molar-refractivity contribution in [3.05, 3.63) is 12.2 Å². The van der Waals surface area contributed by atoms with Gasteiger partial charge in [0.05, 0.1) is 5.75 Å². The van der Waals surface area contributed by atoms with Crippen LogP contribution in [0.15, 0.2) is 17.1 Å². The number of primary amides is 1. The molecule has 0 spiro atoms. The smallest absolute Gasteiger partial charge is 0.325 e. The highest BCUT2D eigenvalue weighted by atomic mass is 32.2. The van der Waals surface area contributed by atoms with Crippen LogP contribution in [0.25, 0.3) is 0 Å². The van der Waals surface area contributed by atoms with Gasteiger partial charge < -0.3 is 15.5 Å². The summed E-state index contributed by atoms with van der Waals surface area (Å²) in [5.74, 6) is -0.771. The number of nitrogens with one attached hydrogen (secondary N) is 1. The van der Waals surface area contributed by atoms with Crippen LogP contribution >= 0.6 is 11.8 Å². The third-order valence-electron chi connectivity index (χ3n) is 3.20. The Balaban J connectivity index is 2.26. The molecule has 0 radical (unpaired) electrons. The Morgan fingerprint density at radius 1 is 1.52 bits per heavy atom. The standard InChI is InChI=1S/C12H17N5O3S/c1-3-4-5-17-8-9(14-12(17)21-6-7(13)18)16(2)11(20)15-10(8)19/h3-4,8-9H,5-6H2,1-2H3,(H2,13,18)(H,15,19,20)/b4-3+. The third kappa shape index (κ3) is 3.02. The van der Waals surface area contributed by atoms with Crippen LogP contribution < -0.4 is 11.1 Å². The molecule has 4 amide bonds. The molecular formula is C12H17N5O3S. The van der Waals surface area contributed by atoms with E-state index >= 15 is 0 Å². The number of hydrogen-bond donors (Lipinski definition) is 2. The quantitative estimate of drug-likeness (QED) is 0.669. The normalized spacial score (nSPS) is 25.1. The van der Waals surface area contributed by atoms with E-state index in [2.05, 4.69) is 10.3 Å². The number of imide groups is 1. The zero-order valence-corrected chi connectivity index (χ0v) is 12.6. The summed E-state index contributed by atoms with van der Waals surface area (Å²) in [6, 6.07) is -1.06. The first kappa shape index (κ1) is 15.4. The molecule has 21 heavy (non-hydrogen) atoms. The Morgan fingerprint density at radius 3 is 2.86 bits per heavy atom. The molecule has 0 aromatic carbocycles. The van der Waals surface area contributed by atoms with Crippen LogP contribution in [0.5, 0.6) is 0 Å². The number of nitrogens with zero attached hydrogens (tertiary/aromatic N) is 3. The summed E-state index contributed by atoms with van der Waals surface area (Å²) in [6.45, 7) is 2.34. The summed E-state index contributed by atoms with van der Waals surface area (Å²) in [5.41, 5.74) is 5.15. The fourth-order valence-corrected chi connectivity index (χ4v) is 2.98. The van der Waals surface area contributed by atoms with Crippen molar-refractivity contribution in [2.24, 2.45) is 10.7 Å². The molecule has 1 fully saturated rings. The van der Waals surface area contributed by atoms with E-state index in [1.54, 1.807) is 11.9 Å². The Kier molecular flexibility index (Phi) is 4.51. The van der Waals surface area contributed by atoms with Crippen molar-refractivity contribution in [2.75, 3.05) is 19.3 Å². The van der Waals surface area contributed by atoms with Gasteiger partial charge in [0.25, 0.3) is 5.91 Å². The Labute approximate surface area is 126 Å². The monoisotopic (exact) mass is 311 g/mol. The lowest BCUT2D eigenvalue weighted by molar-refractivity contribution is -0.126. The lowest BCUT2D eigenvalue weighted by Crippen LogP contribution is -2.63. The Bertz CT molecular complexity index is 533. The first-order chi connectivity index (χ1) is 9.95. The molecule has 8 nitrogen and oxygen atoms in total. The minimum absolute atomic E-state index is 0.0733. The van der Waals surface area contributed by atoms with Crippen molar-refractivity contribution in [2.45, 2.75) is 19.1 Å². The Hall–Kier alpha value is -2.03. The molecule has 3 N–H and O–H groups in total. The molecule has 2 unspecified atom stereocenters. The number of thioether (sulfide) groups is 1. The summed E-state index contributed by atoms with van der Waals surface area (Å²) in [4.78, 5) is 42.2. The summed E-state index contributed by atoms with van der Waals surface area (Å²) < 4.78 is 0. The van der Waals surface area contributed by atoms with Crippen LogP contribution in [-0.2, 0) is 9.59 Å². The summed E-state index contributed by atoms with van der Waals surface area (Å²) in [5, 5.41) is 2.84. The number of aliphatic imine (C=N–C) groups is 1. The SMILES string of the molecule is C/C=C/CN1C(SCC(N)=O)=NC2C1C(=O)NC(=O)N2C. The Morgan fingerprint density at radius 2 is 2.24 bits per heavy atom. The number of fused-ring (bicyclic) bond motifs is 1. The molecule has 114 valence electrons. The van der Waals surface area contributed by atoms with Crippen LogP contribution in [0.4, 0.5) is 4.79 Å². The molecule has 0 bridgehead atoms. The highest BCUT2D eigenvalue weighted by Crippen LogP contribution is 2.28. The second-order valence-electron chi connectivity index (χ2n) is 4.65. The van der Waals surface area contributed by atoms with Gasteiger partial charge in [0.1, 0.15) is 0 Å². The van der Waals surface area contributed by atoms with E-state index in [1.807, 2.05) is 19.1 Å². The van der Waals surface area contributed by atoms with Crippen molar-refractivity contribution in [3.63, 3.8) is 0 Å². The van der Waals surface area contributed by atoms with E-state index in [0.717, 1.165) is 0 Å². The number of amidine groups is 1. The van der Waals surface area contributed by atoms with Crippen molar-refractivity contribution in [3.8, 4) is 0 Å². The maximum absolute atomic E-state index is 12.1. The lowest BCUT2D eigenvalue weighted by atomic mass is 10.1. The van der Waals surface area contributed by atoms with Gasteiger partial charge in [0, 0.05) is 13.6 Å². The second kappa shape index (κ2) is 6.17. The maximum atomic E-state index is 12.1. The molecule has 0 aromatic rings. The van der Waals surface area contributed by atoms with Crippen LogP contribution in [0.3, 0.4) is 0 Å². The van der Waals surface area contributed by atoms with Crippen LogP contribution in [0.1, 0.15) is 6.92 Å². The van der Waals surface area contributed by atoms with Crippen LogP contribution in [0.2, 0.25) is 0 Å². The predicted molar refractivity (Wildman–Crippen MR) is 79.5 cm³/mol. The van der Waals surface area contributed by atoms with E-state index in [0.29, 0.717) is 11.7 Å².